The highest BCUT2D eigenvalue weighted by Crippen LogP contribution is 2.24. The van der Waals surface area contributed by atoms with Gasteiger partial charge >= 0.3 is 0 Å². The van der Waals surface area contributed by atoms with Crippen molar-refractivity contribution in [1.82, 2.24) is 14.3 Å². The van der Waals surface area contributed by atoms with Crippen LogP contribution in [0.15, 0.2) is 48.9 Å². The van der Waals surface area contributed by atoms with Crippen molar-refractivity contribution in [3.63, 3.8) is 0 Å². The molecule has 29 heavy (non-hydrogen) atoms. The summed E-state index contributed by atoms with van der Waals surface area (Å²) in [7, 11) is 0. The molecule has 0 saturated carbocycles. The van der Waals surface area contributed by atoms with Crippen LogP contribution in [0.3, 0.4) is 0 Å². The molecule has 5 rings (SSSR count). The van der Waals surface area contributed by atoms with E-state index in [0.717, 1.165) is 45.1 Å². The van der Waals surface area contributed by atoms with Crippen molar-refractivity contribution >= 4 is 22.9 Å². The number of morpholine rings is 1. The van der Waals surface area contributed by atoms with Crippen molar-refractivity contribution in [2.24, 2.45) is 0 Å². The fourth-order valence-corrected chi connectivity index (χ4v) is 4.08. The molecule has 2 aliphatic heterocycles. The van der Waals surface area contributed by atoms with Gasteiger partial charge in [-0.1, -0.05) is 6.07 Å². The topological polar surface area (TPSA) is 53.3 Å². The second kappa shape index (κ2) is 7.75. The number of fused-ring (bicyclic) bond motifs is 1. The van der Waals surface area contributed by atoms with E-state index in [0.29, 0.717) is 24.3 Å². The maximum Gasteiger partial charge on any atom is 0.257 e. The average Bonchev–Trinajstić information content (AvgIpc) is 3.28. The second-order valence-corrected chi connectivity index (χ2v) is 7.39. The summed E-state index contributed by atoms with van der Waals surface area (Å²) in [6.45, 7) is 6.37. The van der Waals surface area contributed by atoms with Crippen LogP contribution in [-0.2, 0) is 4.74 Å². The number of carbonyl (C=O) groups is 1. The molecule has 2 aliphatic rings. The standard InChI is InChI=1S/C22H24N5O2/c28-22(20-5-2-7-26-8-6-23-21(20)26)27-11-9-24(10-12-27)18-3-1-4-19(17-18)25-13-15-29-16-14-25/h1-2,4-8,17H,9-16H2. The number of nitrogens with zero attached hydrogens (tertiary/aromatic N) is 5. The highest BCUT2D eigenvalue weighted by Gasteiger charge is 2.24. The van der Waals surface area contributed by atoms with Gasteiger partial charge in [-0.3, -0.25) is 4.79 Å². The van der Waals surface area contributed by atoms with E-state index in [1.165, 1.54) is 5.69 Å². The number of ether oxygens (including phenoxy) is 1. The molecule has 149 valence electrons. The highest BCUT2D eigenvalue weighted by atomic mass is 16.5. The highest BCUT2D eigenvalue weighted by molar-refractivity contribution is 5.99. The predicted octanol–water partition coefficient (Wildman–Crippen LogP) is 1.93. The van der Waals surface area contributed by atoms with Crippen molar-refractivity contribution in [3.8, 4) is 0 Å². The molecule has 0 bridgehead atoms. The molecular formula is C22H24N5O2. The van der Waals surface area contributed by atoms with Gasteiger partial charge in [0.2, 0.25) is 0 Å². The van der Waals surface area contributed by atoms with Crippen LogP contribution in [0.2, 0.25) is 0 Å². The number of carbonyl (C=O) groups excluding carboxylic acids is 1. The number of hydrogen-bond acceptors (Lipinski definition) is 5. The van der Waals surface area contributed by atoms with Crippen molar-refractivity contribution < 1.29 is 9.53 Å². The van der Waals surface area contributed by atoms with Crippen LogP contribution in [0, 0.1) is 6.07 Å². The maximum atomic E-state index is 13.0. The molecule has 3 aromatic rings. The number of imidazole rings is 1. The zero-order valence-electron chi connectivity index (χ0n) is 16.3. The van der Waals surface area contributed by atoms with Gasteiger partial charge in [0.05, 0.1) is 18.8 Å². The molecule has 7 nitrogen and oxygen atoms in total. The van der Waals surface area contributed by atoms with Gasteiger partial charge in [-0.2, -0.15) is 0 Å². The lowest BCUT2D eigenvalue weighted by atomic mass is 10.2. The molecule has 1 radical (unpaired) electrons. The monoisotopic (exact) mass is 390 g/mol. The first-order valence-corrected chi connectivity index (χ1v) is 10.1. The molecule has 0 aliphatic carbocycles. The van der Waals surface area contributed by atoms with Crippen molar-refractivity contribution in [1.29, 1.82) is 0 Å². The zero-order chi connectivity index (χ0) is 19.6. The lowest BCUT2D eigenvalue weighted by Crippen LogP contribution is -2.49. The van der Waals surface area contributed by atoms with Gasteiger partial charge in [0.25, 0.3) is 5.91 Å². The van der Waals surface area contributed by atoms with Gasteiger partial charge in [-0.25, -0.2) is 4.98 Å². The molecule has 2 fully saturated rings. The van der Waals surface area contributed by atoms with Gasteiger partial charge in [-0.05, 0) is 24.3 Å². The van der Waals surface area contributed by atoms with Gasteiger partial charge in [0, 0.05) is 75.3 Å². The molecule has 0 atom stereocenters. The molecule has 1 amide bonds. The van der Waals surface area contributed by atoms with Crippen LogP contribution in [0.5, 0.6) is 0 Å². The smallest absolute Gasteiger partial charge is 0.257 e. The van der Waals surface area contributed by atoms with E-state index in [4.69, 9.17) is 4.74 Å². The van der Waals surface area contributed by atoms with Crippen molar-refractivity contribution in [3.05, 3.63) is 60.6 Å². The SMILES string of the molecule is O=C(c1cccn2ccnc12)N1CCN(c2[c]ccc(N3CCOCC3)c2)CC1. The van der Waals surface area contributed by atoms with E-state index in [1.54, 1.807) is 6.20 Å². The van der Waals surface area contributed by atoms with Crippen LogP contribution in [-0.4, -0.2) is 72.7 Å². The molecule has 2 aromatic heterocycles. The lowest BCUT2D eigenvalue weighted by molar-refractivity contribution is 0.0748. The number of aromatic nitrogens is 2. The number of benzene rings is 1. The van der Waals surface area contributed by atoms with Crippen molar-refractivity contribution in [2.45, 2.75) is 0 Å². The number of hydrogen-bond donors (Lipinski definition) is 0. The van der Waals surface area contributed by atoms with Crippen LogP contribution < -0.4 is 9.80 Å². The quantitative estimate of drug-likeness (QED) is 0.684. The third-order valence-electron chi connectivity index (χ3n) is 5.70. The normalized spacial score (nSPS) is 17.7. The Morgan fingerprint density at radius 1 is 1.00 bits per heavy atom. The summed E-state index contributed by atoms with van der Waals surface area (Å²) in [6, 6.07) is 13.4. The Morgan fingerprint density at radius 3 is 2.66 bits per heavy atom. The molecule has 0 spiro atoms. The fourth-order valence-electron chi connectivity index (χ4n) is 4.08. The van der Waals surface area contributed by atoms with E-state index in [9.17, 15) is 4.79 Å². The Kier molecular flexibility index (Phi) is 4.81. The predicted molar refractivity (Wildman–Crippen MR) is 112 cm³/mol. The number of piperazine rings is 1. The molecular weight excluding hydrogens is 366 g/mol. The van der Waals surface area contributed by atoms with Crippen LogP contribution in [0.25, 0.3) is 5.65 Å². The Labute approximate surface area is 170 Å². The van der Waals surface area contributed by atoms with Gasteiger partial charge in [0.1, 0.15) is 5.65 Å². The summed E-state index contributed by atoms with van der Waals surface area (Å²) in [5, 5.41) is 0. The van der Waals surface area contributed by atoms with Gasteiger partial charge < -0.3 is 23.8 Å². The maximum absolute atomic E-state index is 13.0. The summed E-state index contributed by atoms with van der Waals surface area (Å²) in [6.07, 6.45) is 5.50. The first-order chi connectivity index (χ1) is 14.3. The molecule has 2 saturated heterocycles. The summed E-state index contributed by atoms with van der Waals surface area (Å²) in [4.78, 5) is 24.0. The Bertz CT molecular complexity index is 1000. The molecule has 4 heterocycles. The summed E-state index contributed by atoms with van der Waals surface area (Å²) >= 11 is 0. The summed E-state index contributed by atoms with van der Waals surface area (Å²) in [5.74, 6) is 0.0486. The molecule has 0 N–H and O–H groups in total. The van der Waals surface area contributed by atoms with E-state index in [2.05, 4.69) is 33.0 Å². The lowest BCUT2D eigenvalue weighted by Gasteiger charge is -2.37. The molecule has 0 unspecified atom stereocenters. The third-order valence-corrected chi connectivity index (χ3v) is 5.70. The second-order valence-electron chi connectivity index (χ2n) is 7.39. The fraction of sp³-hybridized carbons (Fsp3) is 0.364. The van der Waals surface area contributed by atoms with Crippen LogP contribution in [0.4, 0.5) is 11.4 Å². The Balaban J connectivity index is 1.27. The van der Waals surface area contributed by atoms with Crippen molar-refractivity contribution in [2.75, 3.05) is 62.3 Å². The number of anilines is 2. The Hall–Kier alpha value is -3.06. The van der Waals surface area contributed by atoms with Gasteiger partial charge in [0.15, 0.2) is 0 Å². The van der Waals surface area contributed by atoms with Gasteiger partial charge in [-0.15, -0.1) is 0 Å². The van der Waals surface area contributed by atoms with E-state index in [-0.39, 0.29) is 5.91 Å². The first-order valence-electron chi connectivity index (χ1n) is 10.1. The van der Waals surface area contributed by atoms with E-state index < -0.39 is 0 Å². The van der Waals surface area contributed by atoms with Crippen LogP contribution in [0.1, 0.15) is 10.4 Å². The van der Waals surface area contributed by atoms with E-state index in [1.807, 2.05) is 39.9 Å². The van der Waals surface area contributed by atoms with E-state index >= 15 is 0 Å². The molecule has 7 heteroatoms. The minimum atomic E-state index is 0.0486. The third kappa shape index (κ3) is 3.53. The minimum Gasteiger partial charge on any atom is -0.378 e. The summed E-state index contributed by atoms with van der Waals surface area (Å²) < 4.78 is 7.34. The van der Waals surface area contributed by atoms with Crippen LogP contribution >= 0.6 is 0 Å². The number of amides is 1. The molecule has 1 aromatic carbocycles. The number of rotatable bonds is 3. The number of pyridine rings is 1. The largest absolute Gasteiger partial charge is 0.378 e. The minimum absolute atomic E-state index is 0.0486. The Morgan fingerprint density at radius 2 is 1.83 bits per heavy atom. The summed E-state index contributed by atoms with van der Waals surface area (Å²) in [5.41, 5.74) is 3.68. The first kappa shape index (κ1) is 18.0. The average molecular weight is 390 g/mol. The zero-order valence-corrected chi connectivity index (χ0v) is 16.3.